The van der Waals surface area contributed by atoms with E-state index in [4.69, 9.17) is 17.4 Å². The van der Waals surface area contributed by atoms with Gasteiger partial charge in [-0.1, -0.05) is 41.6 Å². The molecular weight excluding hydrogens is 382 g/mol. The van der Waals surface area contributed by atoms with Crippen LogP contribution in [0.2, 0.25) is 5.02 Å². The molecule has 0 unspecified atom stereocenters. The van der Waals surface area contributed by atoms with Crippen molar-refractivity contribution in [1.29, 1.82) is 0 Å². The Bertz CT molecular complexity index is 988. The standard InChI is InChI=1S/C19H18ClN5OS/c1-12-10-14-4-2-3-5-16(14)24(12)17(26)11-27-19-23-22-18(25(19)21)13-6-8-15(20)9-7-13/h2-9,12H,10-11,21H2,1H3/t12-/m1/s1. The molecule has 0 saturated carbocycles. The Balaban J connectivity index is 1.48. The summed E-state index contributed by atoms with van der Waals surface area (Å²) in [5.74, 6) is 6.94. The van der Waals surface area contributed by atoms with Crippen molar-refractivity contribution in [3.05, 3.63) is 59.1 Å². The number of benzene rings is 2. The van der Waals surface area contributed by atoms with Gasteiger partial charge in [-0.15, -0.1) is 10.2 Å². The molecule has 2 heterocycles. The summed E-state index contributed by atoms with van der Waals surface area (Å²) in [6, 6.07) is 15.4. The van der Waals surface area contributed by atoms with Crippen molar-refractivity contribution in [2.24, 2.45) is 0 Å². The first-order valence-corrected chi connectivity index (χ1v) is 9.90. The Labute approximate surface area is 166 Å². The maximum absolute atomic E-state index is 12.8. The van der Waals surface area contributed by atoms with Crippen molar-refractivity contribution >= 4 is 35.0 Å². The first kappa shape index (κ1) is 17.9. The average Bonchev–Trinajstić information content (AvgIpc) is 3.19. The van der Waals surface area contributed by atoms with E-state index in [1.165, 1.54) is 22.0 Å². The summed E-state index contributed by atoms with van der Waals surface area (Å²) >= 11 is 7.20. The van der Waals surface area contributed by atoms with Crippen LogP contribution < -0.4 is 10.7 Å². The maximum Gasteiger partial charge on any atom is 0.237 e. The largest absolute Gasteiger partial charge is 0.335 e. The van der Waals surface area contributed by atoms with Gasteiger partial charge in [0.2, 0.25) is 11.1 Å². The highest BCUT2D eigenvalue weighted by Crippen LogP contribution is 2.33. The Kier molecular flexibility index (Phi) is 4.80. The number of para-hydroxylation sites is 1. The Morgan fingerprint density at radius 3 is 2.74 bits per heavy atom. The number of nitrogen functional groups attached to an aromatic ring is 1. The Morgan fingerprint density at radius 1 is 1.22 bits per heavy atom. The van der Waals surface area contributed by atoms with E-state index in [1.54, 1.807) is 12.1 Å². The predicted molar refractivity (Wildman–Crippen MR) is 108 cm³/mol. The molecule has 1 atom stereocenters. The van der Waals surface area contributed by atoms with Crippen LogP contribution in [0.5, 0.6) is 0 Å². The van der Waals surface area contributed by atoms with E-state index in [0.29, 0.717) is 16.0 Å². The van der Waals surface area contributed by atoms with Gasteiger partial charge in [0.25, 0.3) is 0 Å². The number of fused-ring (bicyclic) bond motifs is 1. The number of aromatic nitrogens is 3. The van der Waals surface area contributed by atoms with Gasteiger partial charge < -0.3 is 10.7 Å². The van der Waals surface area contributed by atoms with E-state index in [-0.39, 0.29) is 17.7 Å². The smallest absolute Gasteiger partial charge is 0.237 e. The minimum Gasteiger partial charge on any atom is -0.335 e. The number of rotatable bonds is 4. The molecule has 0 fully saturated rings. The predicted octanol–water partition coefficient (Wildman–Crippen LogP) is 3.38. The number of nitrogens with two attached hydrogens (primary N) is 1. The molecule has 27 heavy (non-hydrogen) atoms. The van der Waals surface area contributed by atoms with Crippen LogP contribution in [0.4, 0.5) is 5.69 Å². The number of hydrogen-bond donors (Lipinski definition) is 1. The van der Waals surface area contributed by atoms with Crippen molar-refractivity contribution in [3.63, 3.8) is 0 Å². The lowest BCUT2D eigenvalue weighted by Crippen LogP contribution is -2.37. The zero-order valence-corrected chi connectivity index (χ0v) is 16.2. The van der Waals surface area contributed by atoms with Gasteiger partial charge in [-0.2, -0.15) is 0 Å². The maximum atomic E-state index is 12.8. The number of thioether (sulfide) groups is 1. The first-order chi connectivity index (χ1) is 13.0. The van der Waals surface area contributed by atoms with Gasteiger partial charge in [0.1, 0.15) is 0 Å². The van der Waals surface area contributed by atoms with Crippen LogP contribution >= 0.6 is 23.4 Å². The molecule has 1 aromatic heterocycles. The molecule has 138 valence electrons. The molecule has 0 bridgehead atoms. The summed E-state index contributed by atoms with van der Waals surface area (Å²) in [7, 11) is 0. The quantitative estimate of drug-likeness (QED) is 0.537. The Hall–Kier alpha value is -2.51. The van der Waals surface area contributed by atoms with Crippen molar-refractivity contribution in [1.82, 2.24) is 14.9 Å². The lowest BCUT2D eigenvalue weighted by Gasteiger charge is -2.22. The van der Waals surface area contributed by atoms with Gasteiger partial charge in [-0.05, 0) is 49.2 Å². The summed E-state index contributed by atoms with van der Waals surface area (Å²) in [5, 5.41) is 9.40. The van der Waals surface area contributed by atoms with Gasteiger partial charge >= 0.3 is 0 Å². The zero-order chi connectivity index (χ0) is 19.0. The van der Waals surface area contributed by atoms with Crippen LogP contribution in [0.25, 0.3) is 11.4 Å². The minimum atomic E-state index is 0.0356. The van der Waals surface area contributed by atoms with E-state index in [2.05, 4.69) is 23.2 Å². The number of amides is 1. The Morgan fingerprint density at radius 2 is 1.96 bits per heavy atom. The van der Waals surface area contributed by atoms with Crippen LogP contribution in [0, 0.1) is 0 Å². The molecular formula is C19H18ClN5OS. The summed E-state index contributed by atoms with van der Waals surface area (Å²) in [6.07, 6.45) is 0.875. The monoisotopic (exact) mass is 399 g/mol. The van der Waals surface area contributed by atoms with Crippen molar-refractivity contribution in [3.8, 4) is 11.4 Å². The lowest BCUT2D eigenvalue weighted by molar-refractivity contribution is -0.116. The fraction of sp³-hybridized carbons (Fsp3) is 0.211. The van der Waals surface area contributed by atoms with E-state index < -0.39 is 0 Å². The highest BCUT2D eigenvalue weighted by Gasteiger charge is 2.30. The number of nitrogens with zero attached hydrogens (tertiary/aromatic N) is 4. The molecule has 1 aliphatic rings. The highest BCUT2D eigenvalue weighted by molar-refractivity contribution is 7.99. The first-order valence-electron chi connectivity index (χ1n) is 8.54. The van der Waals surface area contributed by atoms with Gasteiger partial charge in [0, 0.05) is 22.3 Å². The molecule has 0 radical (unpaired) electrons. The highest BCUT2D eigenvalue weighted by atomic mass is 35.5. The number of hydrogen-bond acceptors (Lipinski definition) is 5. The fourth-order valence-electron chi connectivity index (χ4n) is 3.31. The van der Waals surface area contributed by atoms with Crippen molar-refractivity contribution in [2.45, 2.75) is 24.5 Å². The van der Waals surface area contributed by atoms with Crippen LogP contribution in [-0.4, -0.2) is 32.6 Å². The zero-order valence-electron chi connectivity index (χ0n) is 14.7. The topological polar surface area (TPSA) is 77.0 Å². The minimum absolute atomic E-state index is 0.0356. The third-order valence-electron chi connectivity index (χ3n) is 4.57. The summed E-state index contributed by atoms with van der Waals surface area (Å²) in [6.45, 7) is 2.06. The van der Waals surface area contributed by atoms with E-state index >= 15 is 0 Å². The summed E-state index contributed by atoms with van der Waals surface area (Å²) < 4.78 is 1.41. The van der Waals surface area contributed by atoms with Gasteiger partial charge in [0.05, 0.1) is 5.75 Å². The SMILES string of the molecule is C[C@@H]1Cc2ccccc2N1C(=O)CSc1nnc(-c2ccc(Cl)cc2)n1N. The normalized spacial score (nSPS) is 15.8. The fourth-order valence-corrected chi connectivity index (χ4v) is 4.15. The lowest BCUT2D eigenvalue weighted by atomic mass is 10.1. The average molecular weight is 400 g/mol. The second kappa shape index (κ2) is 7.25. The summed E-state index contributed by atoms with van der Waals surface area (Å²) in [5.41, 5.74) is 3.01. The number of anilines is 1. The molecule has 0 spiro atoms. The third-order valence-corrected chi connectivity index (χ3v) is 5.75. The van der Waals surface area contributed by atoms with Gasteiger partial charge in [-0.25, -0.2) is 4.68 Å². The molecule has 4 rings (SSSR count). The van der Waals surface area contributed by atoms with Crippen LogP contribution in [0.1, 0.15) is 12.5 Å². The van der Waals surface area contributed by atoms with Crippen molar-refractivity contribution in [2.75, 3.05) is 16.5 Å². The molecule has 2 N–H and O–H groups in total. The number of carbonyl (C=O) groups is 1. The van der Waals surface area contributed by atoms with Gasteiger partial charge in [-0.3, -0.25) is 4.79 Å². The summed E-state index contributed by atoms with van der Waals surface area (Å²) in [4.78, 5) is 14.7. The van der Waals surface area contributed by atoms with E-state index in [0.717, 1.165) is 17.7 Å². The van der Waals surface area contributed by atoms with E-state index in [9.17, 15) is 4.79 Å². The van der Waals surface area contributed by atoms with Gasteiger partial charge in [0.15, 0.2) is 5.82 Å². The molecule has 1 aliphatic heterocycles. The van der Waals surface area contributed by atoms with Crippen LogP contribution in [0.3, 0.4) is 0 Å². The number of halogens is 1. The molecule has 6 nitrogen and oxygen atoms in total. The molecule has 1 amide bonds. The molecule has 3 aromatic rings. The molecule has 0 saturated heterocycles. The molecule has 8 heteroatoms. The molecule has 2 aromatic carbocycles. The van der Waals surface area contributed by atoms with Crippen LogP contribution in [-0.2, 0) is 11.2 Å². The third kappa shape index (κ3) is 3.40. The number of carbonyl (C=O) groups excluding carboxylic acids is 1. The molecule has 0 aliphatic carbocycles. The second-order valence-corrected chi connectivity index (χ2v) is 7.80. The van der Waals surface area contributed by atoms with Crippen molar-refractivity contribution < 1.29 is 4.79 Å². The van der Waals surface area contributed by atoms with E-state index in [1.807, 2.05) is 35.2 Å². The second-order valence-electron chi connectivity index (χ2n) is 6.42. The van der Waals surface area contributed by atoms with Crippen LogP contribution in [0.15, 0.2) is 53.7 Å².